The average molecular weight is 293 g/mol. The maximum atomic E-state index is 12.2. The molecule has 0 aliphatic heterocycles. The highest BCUT2D eigenvalue weighted by Gasteiger charge is 2.24. The maximum Gasteiger partial charge on any atom is 0.340 e. The molecule has 2 N–H and O–H groups in total. The lowest BCUT2D eigenvalue weighted by Crippen LogP contribution is -2.13. The molecule has 0 aromatic carbocycles. The molecule has 0 unspecified atom stereocenters. The number of esters is 1. The molecule has 0 aliphatic carbocycles. The minimum absolute atomic E-state index is 0.140. The van der Waals surface area contributed by atoms with E-state index in [0.717, 1.165) is 27.2 Å². The largest absolute Gasteiger partial charge is 0.462 e. The molecule has 0 atom stereocenters. The summed E-state index contributed by atoms with van der Waals surface area (Å²) < 4.78 is 9.49. The van der Waals surface area contributed by atoms with Gasteiger partial charge in [0.05, 0.1) is 23.6 Å². The molecular weight excluding hydrogens is 274 g/mol. The van der Waals surface area contributed by atoms with Crippen molar-refractivity contribution in [2.45, 2.75) is 40.2 Å². The van der Waals surface area contributed by atoms with Crippen LogP contribution in [0.4, 0.5) is 0 Å². The molecule has 2 aromatic rings. The number of aromatic nitrogens is 2. The second-order valence-corrected chi connectivity index (χ2v) is 5.64. The summed E-state index contributed by atoms with van der Waals surface area (Å²) in [6, 6.07) is 0. The molecule has 20 heavy (non-hydrogen) atoms. The molecule has 2 aromatic heterocycles. The number of nitrogens with two attached hydrogens (primary N) is 1. The van der Waals surface area contributed by atoms with Crippen LogP contribution in [0.1, 0.15) is 54.0 Å². The smallest absolute Gasteiger partial charge is 0.340 e. The van der Waals surface area contributed by atoms with E-state index in [-0.39, 0.29) is 11.9 Å². The summed E-state index contributed by atoms with van der Waals surface area (Å²) in [5.41, 5.74) is 8.69. The fraction of sp³-hybridized carbons (Fsp3) is 0.500. The van der Waals surface area contributed by atoms with Crippen LogP contribution < -0.4 is 5.73 Å². The van der Waals surface area contributed by atoms with Crippen molar-refractivity contribution in [1.29, 1.82) is 0 Å². The highest BCUT2D eigenvalue weighted by molar-refractivity contribution is 7.13. The number of ether oxygens (including phenoxy) is 1. The van der Waals surface area contributed by atoms with E-state index in [4.69, 9.17) is 10.5 Å². The first-order chi connectivity index (χ1) is 9.51. The summed E-state index contributed by atoms with van der Waals surface area (Å²) in [4.78, 5) is 17.7. The summed E-state index contributed by atoms with van der Waals surface area (Å²) >= 11 is 1.32. The van der Waals surface area contributed by atoms with Crippen molar-refractivity contribution in [2.75, 3.05) is 6.61 Å². The SMILES string of the molecule is CCOC(=O)c1c(C(C)C)nc2snc(CN)c2c1C. The Bertz CT molecular complexity index is 649. The van der Waals surface area contributed by atoms with E-state index in [1.807, 2.05) is 20.8 Å². The lowest BCUT2D eigenvalue weighted by molar-refractivity contribution is 0.0523. The van der Waals surface area contributed by atoms with Crippen LogP contribution in [0, 0.1) is 6.92 Å². The summed E-state index contributed by atoms with van der Waals surface area (Å²) in [6.07, 6.45) is 0. The van der Waals surface area contributed by atoms with Crippen LogP contribution in [0.3, 0.4) is 0 Å². The molecule has 0 spiro atoms. The van der Waals surface area contributed by atoms with Gasteiger partial charge in [0.2, 0.25) is 0 Å². The minimum atomic E-state index is -0.322. The van der Waals surface area contributed by atoms with Gasteiger partial charge in [0, 0.05) is 11.9 Å². The Balaban J connectivity index is 2.76. The van der Waals surface area contributed by atoms with Crippen LogP contribution in [0.5, 0.6) is 0 Å². The van der Waals surface area contributed by atoms with Crippen molar-refractivity contribution in [3.05, 3.63) is 22.5 Å². The number of carbonyl (C=O) groups is 1. The number of pyridine rings is 1. The minimum Gasteiger partial charge on any atom is -0.462 e. The zero-order chi connectivity index (χ0) is 14.9. The van der Waals surface area contributed by atoms with E-state index in [9.17, 15) is 4.79 Å². The lowest BCUT2D eigenvalue weighted by Gasteiger charge is -2.14. The topological polar surface area (TPSA) is 78.1 Å². The van der Waals surface area contributed by atoms with Crippen LogP contribution in [-0.2, 0) is 11.3 Å². The normalized spacial score (nSPS) is 11.3. The van der Waals surface area contributed by atoms with Crippen LogP contribution in [0.15, 0.2) is 0 Å². The van der Waals surface area contributed by atoms with Crippen molar-refractivity contribution < 1.29 is 9.53 Å². The average Bonchev–Trinajstić information content (AvgIpc) is 2.81. The van der Waals surface area contributed by atoms with E-state index < -0.39 is 0 Å². The molecule has 0 fully saturated rings. The molecule has 2 rings (SSSR count). The third-order valence-electron chi connectivity index (χ3n) is 3.19. The quantitative estimate of drug-likeness (QED) is 0.877. The predicted molar refractivity (Wildman–Crippen MR) is 80.1 cm³/mol. The molecule has 0 saturated carbocycles. The van der Waals surface area contributed by atoms with Gasteiger partial charge in [0.1, 0.15) is 4.83 Å². The Morgan fingerprint density at radius 3 is 2.70 bits per heavy atom. The van der Waals surface area contributed by atoms with Gasteiger partial charge in [-0.05, 0) is 36.9 Å². The molecule has 6 heteroatoms. The Morgan fingerprint density at radius 2 is 2.15 bits per heavy atom. The third-order valence-corrected chi connectivity index (χ3v) is 3.97. The Labute approximate surface area is 122 Å². The van der Waals surface area contributed by atoms with Gasteiger partial charge in [-0.2, -0.15) is 4.37 Å². The molecule has 5 nitrogen and oxygen atoms in total. The Hall–Kier alpha value is -1.53. The second-order valence-electron chi connectivity index (χ2n) is 4.89. The highest BCUT2D eigenvalue weighted by Crippen LogP contribution is 2.31. The number of hydrogen-bond acceptors (Lipinski definition) is 6. The van der Waals surface area contributed by atoms with Gasteiger partial charge in [0.25, 0.3) is 0 Å². The molecule has 0 radical (unpaired) electrons. The van der Waals surface area contributed by atoms with Crippen molar-refractivity contribution in [3.8, 4) is 0 Å². The fourth-order valence-corrected chi connectivity index (χ4v) is 3.13. The van der Waals surface area contributed by atoms with E-state index in [0.29, 0.717) is 18.7 Å². The summed E-state index contributed by atoms with van der Waals surface area (Å²) in [7, 11) is 0. The predicted octanol–water partition coefficient (Wildman–Crippen LogP) is 2.76. The van der Waals surface area contributed by atoms with Crippen LogP contribution in [-0.4, -0.2) is 21.9 Å². The standard InChI is InChI=1S/C14H19N3O2S/c1-5-19-14(18)11-8(4)10-9(6-15)17-20-13(10)16-12(11)7(2)3/h7H,5-6,15H2,1-4H3. The van der Waals surface area contributed by atoms with E-state index >= 15 is 0 Å². The fourth-order valence-electron chi connectivity index (χ4n) is 2.27. The number of rotatable bonds is 4. The highest BCUT2D eigenvalue weighted by atomic mass is 32.1. The van der Waals surface area contributed by atoms with Crippen molar-refractivity contribution in [2.24, 2.45) is 5.73 Å². The zero-order valence-corrected chi connectivity index (χ0v) is 13.0. The van der Waals surface area contributed by atoms with E-state index in [1.165, 1.54) is 11.5 Å². The van der Waals surface area contributed by atoms with Crippen LogP contribution in [0.25, 0.3) is 10.2 Å². The second kappa shape index (κ2) is 5.85. The van der Waals surface area contributed by atoms with Crippen molar-refractivity contribution >= 4 is 27.7 Å². The van der Waals surface area contributed by atoms with Gasteiger partial charge in [-0.3, -0.25) is 0 Å². The zero-order valence-electron chi connectivity index (χ0n) is 12.2. The maximum absolute atomic E-state index is 12.2. The number of nitrogens with zero attached hydrogens (tertiary/aromatic N) is 2. The molecule has 0 aliphatic rings. The first-order valence-electron chi connectivity index (χ1n) is 6.67. The Kier molecular flexibility index (Phi) is 4.35. The molecule has 0 bridgehead atoms. The van der Waals surface area contributed by atoms with Crippen molar-refractivity contribution in [1.82, 2.24) is 9.36 Å². The molecule has 2 heterocycles. The number of carbonyl (C=O) groups excluding carboxylic acids is 1. The molecule has 0 saturated heterocycles. The van der Waals surface area contributed by atoms with Gasteiger partial charge in [-0.15, -0.1) is 0 Å². The van der Waals surface area contributed by atoms with Gasteiger partial charge >= 0.3 is 5.97 Å². The van der Waals surface area contributed by atoms with Crippen LogP contribution in [0.2, 0.25) is 0 Å². The third kappa shape index (κ3) is 2.41. The van der Waals surface area contributed by atoms with Gasteiger partial charge in [-0.25, -0.2) is 9.78 Å². The molecule has 108 valence electrons. The van der Waals surface area contributed by atoms with Crippen LogP contribution >= 0.6 is 11.5 Å². The summed E-state index contributed by atoms with van der Waals surface area (Å²) in [5, 5.41) is 0.893. The first kappa shape index (κ1) is 14.9. The van der Waals surface area contributed by atoms with Gasteiger partial charge in [-0.1, -0.05) is 13.8 Å². The number of fused-ring (bicyclic) bond motifs is 1. The molecule has 0 amide bonds. The van der Waals surface area contributed by atoms with E-state index in [2.05, 4.69) is 9.36 Å². The monoisotopic (exact) mass is 293 g/mol. The van der Waals surface area contributed by atoms with E-state index in [1.54, 1.807) is 6.92 Å². The van der Waals surface area contributed by atoms with Gasteiger partial charge < -0.3 is 10.5 Å². The Morgan fingerprint density at radius 1 is 1.45 bits per heavy atom. The van der Waals surface area contributed by atoms with Crippen molar-refractivity contribution in [3.63, 3.8) is 0 Å². The lowest BCUT2D eigenvalue weighted by atomic mass is 9.97. The summed E-state index contributed by atoms with van der Waals surface area (Å²) in [5.74, 6) is -0.182. The first-order valence-corrected chi connectivity index (χ1v) is 7.44. The summed E-state index contributed by atoms with van der Waals surface area (Å²) in [6.45, 7) is 8.43. The number of hydrogen-bond donors (Lipinski definition) is 1. The molecular formula is C14H19N3O2S. The van der Waals surface area contributed by atoms with Gasteiger partial charge in [0.15, 0.2) is 0 Å². The number of aryl methyl sites for hydroxylation is 1.